The van der Waals surface area contributed by atoms with Crippen molar-refractivity contribution < 1.29 is 0 Å². The minimum Gasteiger partial charge on any atom is -0.308 e. The van der Waals surface area contributed by atoms with Gasteiger partial charge in [-0.25, -0.2) is 0 Å². The van der Waals surface area contributed by atoms with Crippen LogP contribution < -0.4 is 0 Å². The summed E-state index contributed by atoms with van der Waals surface area (Å²) in [6.07, 6.45) is 5.15. The summed E-state index contributed by atoms with van der Waals surface area (Å²) in [6.45, 7) is 6.37. The van der Waals surface area contributed by atoms with Crippen LogP contribution in [0.25, 0.3) is 22.4 Å². The Balaban J connectivity index is 2.29. The molecule has 0 fully saturated rings. The van der Waals surface area contributed by atoms with Crippen LogP contribution in [0.15, 0.2) is 36.9 Å². The third-order valence-electron chi connectivity index (χ3n) is 3.01. The topological polar surface area (TPSA) is 56.5 Å². The van der Waals surface area contributed by atoms with Crippen LogP contribution in [0, 0.1) is 0 Å². The van der Waals surface area contributed by atoms with Crippen LogP contribution in [0.2, 0.25) is 0 Å². The predicted molar refractivity (Wildman–Crippen MR) is 73.6 cm³/mol. The number of aromatic nitrogens is 5. The molecule has 3 aromatic rings. The van der Waals surface area contributed by atoms with Gasteiger partial charge >= 0.3 is 0 Å². The summed E-state index contributed by atoms with van der Waals surface area (Å²) in [5.74, 6) is 0.818. The zero-order chi connectivity index (χ0) is 13.5. The van der Waals surface area contributed by atoms with E-state index in [9.17, 15) is 0 Å². The Labute approximate surface area is 111 Å². The van der Waals surface area contributed by atoms with Gasteiger partial charge in [-0.15, -0.1) is 10.2 Å². The molecular weight excluding hydrogens is 238 g/mol. The van der Waals surface area contributed by atoms with E-state index in [0.717, 1.165) is 22.4 Å². The molecule has 5 heteroatoms. The van der Waals surface area contributed by atoms with Crippen molar-refractivity contribution in [3.63, 3.8) is 0 Å². The first-order chi connectivity index (χ1) is 9.07. The summed E-state index contributed by atoms with van der Waals surface area (Å²) in [6, 6.07) is 5.92. The minimum absolute atomic E-state index is 0.0802. The molecule has 0 N–H and O–H groups in total. The van der Waals surface area contributed by atoms with Crippen LogP contribution in [0.3, 0.4) is 0 Å². The van der Waals surface area contributed by atoms with Crippen molar-refractivity contribution in [1.82, 2.24) is 24.7 Å². The smallest absolute Gasteiger partial charge is 0.166 e. The Morgan fingerprint density at radius 3 is 2.63 bits per heavy atom. The maximum Gasteiger partial charge on any atom is 0.166 e. The highest BCUT2D eigenvalue weighted by Crippen LogP contribution is 2.27. The van der Waals surface area contributed by atoms with Gasteiger partial charge < -0.3 is 4.57 Å². The number of nitrogens with zero attached hydrogens (tertiary/aromatic N) is 5. The van der Waals surface area contributed by atoms with Crippen molar-refractivity contribution in [3.05, 3.63) is 36.9 Å². The molecule has 0 amide bonds. The molecular formula is C14H15N5. The molecule has 19 heavy (non-hydrogen) atoms. The Bertz CT molecular complexity index is 719. The summed E-state index contributed by atoms with van der Waals surface area (Å²) < 4.78 is 2.05. The number of hydrogen-bond acceptors (Lipinski definition) is 4. The molecule has 0 aliphatic carbocycles. The molecule has 3 rings (SSSR count). The summed E-state index contributed by atoms with van der Waals surface area (Å²) in [5.41, 5.74) is 2.59. The van der Waals surface area contributed by atoms with E-state index in [1.165, 1.54) is 0 Å². The molecule has 0 atom stereocenters. The molecule has 0 aliphatic rings. The Hall–Kier alpha value is -2.30. The third kappa shape index (κ3) is 1.97. The standard InChI is InChI=1S/C14H15N5/c1-14(2,3)19-9-17-18-13(19)10-5-4-6-11-12(10)16-8-7-15-11/h4-9H,1-3H3. The summed E-state index contributed by atoms with van der Waals surface area (Å²) in [5, 5.41) is 8.28. The molecule has 0 saturated carbocycles. The van der Waals surface area contributed by atoms with Gasteiger partial charge in [0.25, 0.3) is 0 Å². The Morgan fingerprint density at radius 2 is 1.84 bits per heavy atom. The first kappa shape index (κ1) is 11.8. The van der Waals surface area contributed by atoms with Crippen molar-refractivity contribution in [1.29, 1.82) is 0 Å². The largest absolute Gasteiger partial charge is 0.308 e. The second kappa shape index (κ2) is 4.12. The lowest BCUT2D eigenvalue weighted by molar-refractivity contribution is 0.400. The van der Waals surface area contributed by atoms with E-state index in [-0.39, 0.29) is 5.54 Å². The first-order valence-corrected chi connectivity index (χ1v) is 6.18. The number of para-hydroxylation sites is 1. The number of fused-ring (bicyclic) bond motifs is 1. The minimum atomic E-state index is -0.0802. The van der Waals surface area contributed by atoms with E-state index >= 15 is 0 Å². The maximum atomic E-state index is 4.42. The van der Waals surface area contributed by atoms with Crippen molar-refractivity contribution >= 4 is 11.0 Å². The van der Waals surface area contributed by atoms with Crippen LogP contribution in [0.4, 0.5) is 0 Å². The summed E-state index contributed by atoms with van der Waals surface area (Å²) in [4.78, 5) is 8.74. The molecule has 0 spiro atoms. The average Bonchev–Trinajstić information content (AvgIpc) is 2.87. The third-order valence-corrected chi connectivity index (χ3v) is 3.01. The molecule has 96 valence electrons. The fourth-order valence-electron chi connectivity index (χ4n) is 2.08. The van der Waals surface area contributed by atoms with Gasteiger partial charge in [0.1, 0.15) is 6.33 Å². The zero-order valence-electron chi connectivity index (χ0n) is 11.2. The molecule has 5 nitrogen and oxygen atoms in total. The quantitative estimate of drug-likeness (QED) is 0.669. The van der Waals surface area contributed by atoms with Gasteiger partial charge in [-0.05, 0) is 32.9 Å². The van der Waals surface area contributed by atoms with Gasteiger partial charge in [-0.2, -0.15) is 0 Å². The molecule has 0 radical (unpaired) electrons. The second-order valence-electron chi connectivity index (χ2n) is 5.43. The molecule has 0 saturated heterocycles. The predicted octanol–water partition coefficient (Wildman–Crippen LogP) is 2.64. The molecule has 0 aliphatic heterocycles. The van der Waals surface area contributed by atoms with Crippen molar-refractivity contribution in [3.8, 4) is 11.4 Å². The van der Waals surface area contributed by atoms with E-state index in [1.54, 1.807) is 18.7 Å². The number of rotatable bonds is 1. The highest BCUT2D eigenvalue weighted by molar-refractivity contribution is 5.89. The van der Waals surface area contributed by atoms with E-state index < -0.39 is 0 Å². The van der Waals surface area contributed by atoms with Gasteiger partial charge in [0, 0.05) is 23.5 Å². The van der Waals surface area contributed by atoms with E-state index in [0.29, 0.717) is 0 Å². The molecule has 0 unspecified atom stereocenters. The lowest BCUT2D eigenvalue weighted by Gasteiger charge is -2.22. The average molecular weight is 253 g/mol. The van der Waals surface area contributed by atoms with Crippen LogP contribution in [0.1, 0.15) is 20.8 Å². The van der Waals surface area contributed by atoms with Gasteiger partial charge in [0.2, 0.25) is 0 Å². The van der Waals surface area contributed by atoms with Crippen LogP contribution in [0.5, 0.6) is 0 Å². The summed E-state index contributed by atoms with van der Waals surface area (Å²) >= 11 is 0. The fraction of sp³-hybridized carbons (Fsp3) is 0.286. The van der Waals surface area contributed by atoms with Crippen molar-refractivity contribution in [2.24, 2.45) is 0 Å². The van der Waals surface area contributed by atoms with Crippen molar-refractivity contribution in [2.45, 2.75) is 26.3 Å². The molecule has 0 bridgehead atoms. The van der Waals surface area contributed by atoms with Crippen LogP contribution >= 0.6 is 0 Å². The van der Waals surface area contributed by atoms with Crippen LogP contribution in [-0.2, 0) is 5.54 Å². The highest BCUT2D eigenvalue weighted by Gasteiger charge is 2.20. The van der Waals surface area contributed by atoms with Gasteiger partial charge in [-0.3, -0.25) is 9.97 Å². The van der Waals surface area contributed by atoms with Crippen molar-refractivity contribution in [2.75, 3.05) is 0 Å². The van der Waals surface area contributed by atoms with Gasteiger partial charge in [-0.1, -0.05) is 6.07 Å². The SMILES string of the molecule is CC(C)(C)n1cnnc1-c1cccc2nccnc12. The molecule has 2 heterocycles. The van der Waals surface area contributed by atoms with Crippen LogP contribution in [-0.4, -0.2) is 24.7 Å². The Kier molecular flexibility index (Phi) is 2.55. The lowest BCUT2D eigenvalue weighted by atomic mass is 10.1. The van der Waals surface area contributed by atoms with E-state index in [4.69, 9.17) is 0 Å². The molecule has 2 aromatic heterocycles. The zero-order valence-corrected chi connectivity index (χ0v) is 11.2. The highest BCUT2D eigenvalue weighted by atomic mass is 15.3. The molecule has 1 aromatic carbocycles. The Morgan fingerprint density at radius 1 is 1.05 bits per heavy atom. The van der Waals surface area contributed by atoms with Gasteiger partial charge in [0.05, 0.1) is 11.0 Å². The van der Waals surface area contributed by atoms with Gasteiger partial charge in [0.15, 0.2) is 5.82 Å². The fourth-order valence-corrected chi connectivity index (χ4v) is 2.08. The monoisotopic (exact) mass is 253 g/mol. The summed E-state index contributed by atoms with van der Waals surface area (Å²) in [7, 11) is 0. The first-order valence-electron chi connectivity index (χ1n) is 6.18. The normalized spacial score (nSPS) is 11.9. The number of hydrogen-bond donors (Lipinski definition) is 0. The number of benzene rings is 1. The van der Waals surface area contributed by atoms with E-state index in [1.807, 2.05) is 18.2 Å². The second-order valence-corrected chi connectivity index (χ2v) is 5.43. The van der Waals surface area contributed by atoms with E-state index in [2.05, 4.69) is 45.5 Å². The maximum absolute atomic E-state index is 4.42. The lowest BCUT2D eigenvalue weighted by Crippen LogP contribution is -2.22.